The van der Waals surface area contributed by atoms with E-state index in [0.29, 0.717) is 24.0 Å². The minimum Gasteiger partial charge on any atom is -0.402 e. The van der Waals surface area contributed by atoms with Crippen molar-refractivity contribution in [2.24, 2.45) is 0 Å². The number of H-pyrrole nitrogens is 2. The Labute approximate surface area is 400 Å². The highest BCUT2D eigenvalue weighted by atomic mass is 28.4. The summed E-state index contributed by atoms with van der Waals surface area (Å²) in [5.41, 5.74) is -0.887. The van der Waals surface area contributed by atoms with Gasteiger partial charge in [-0.05, 0) is 51.1 Å². The van der Waals surface area contributed by atoms with Gasteiger partial charge in [0.25, 0.3) is 27.8 Å². The van der Waals surface area contributed by atoms with Gasteiger partial charge in [-0.25, -0.2) is 9.59 Å². The van der Waals surface area contributed by atoms with Crippen LogP contribution in [0.15, 0.2) is 153 Å². The predicted molar refractivity (Wildman–Crippen MR) is 272 cm³/mol. The zero-order valence-electron chi connectivity index (χ0n) is 40.6. The molecule has 4 aromatic carbocycles. The lowest BCUT2D eigenvalue weighted by molar-refractivity contribution is -0.0434. The monoisotopic (exact) mass is 958 g/mol. The molecule has 0 amide bonds. The van der Waals surface area contributed by atoms with Crippen molar-refractivity contribution in [2.75, 3.05) is 6.61 Å². The minimum atomic E-state index is -2.87. The second-order valence-corrected chi connectivity index (χ2v) is 28.4. The average molecular weight is 959 g/mol. The van der Waals surface area contributed by atoms with Crippen LogP contribution < -0.4 is 43.2 Å². The smallest absolute Gasteiger partial charge is 0.330 e. The van der Waals surface area contributed by atoms with Crippen molar-refractivity contribution in [1.82, 2.24) is 19.1 Å². The maximum Gasteiger partial charge on any atom is 0.330 e. The molecule has 2 aliphatic heterocycles. The van der Waals surface area contributed by atoms with Gasteiger partial charge in [-0.1, -0.05) is 170 Å². The van der Waals surface area contributed by atoms with Crippen LogP contribution in [0.3, 0.4) is 0 Å². The van der Waals surface area contributed by atoms with Gasteiger partial charge in [-0.3, -0.25) is 28.7 Å². The number of ether oxygens (including phenoxy) is 2. The van der Waals surface area contributed by atoms with Gasteiger partial charge in [0.05, 0.1) is 24.9 Å². The van der Waals surface area contributed by atoms with Crippen LogP contribution in [0.5, 0.6) is 0 Å². The summed E-state index contributed by atoms with van der Waals surface area (Å²) in [6.45, 7) is 18.5. The van der Waals surface area contributed by atoms with E-state index in [-0.39, 0.29) is 34.5 Å². The van der Waals surface area contributed by atoms with Crippen molar-refractivity contribution in [3.05, 3.63) is 187 Å². The molecule has 0 bridgehead atoms. The van der Waals surface area contributed by atoms with E-state index >= 15 is 0 Å². The van der Waals surface area contributed by atoms with Gasteiger partial charge in [-0.2, -0.15) is 0 Å². The first-order chi connectivity index (χ1) is 32.3. The highest BCUT2D eigenvalue weighted by Gasteiger charge is 2.55. The van der Waals surface area contributed by atoms with E-state index in [2.05, 4.69) is 131 Å². The van der Waals surface area contributed by atoms with Crippen molar-refractivity contribution in [3.63, 3.8) is 0 Å². The van der Waals surface area contributed by atoms with Gasteiger partial charge in [0.1, 0.15) is 18.6 Å². The summed E-state index contributed by atoms with van der Waals surface area (Å²) in [5.74, 6) is 0. The quantitative estimate of drug-likeness (QED) is 0.133. The molecule has 3 N–H and O–H groups in total. The number of hydrogen-bond acceptors (Lipinski definition) is 9. The standard InChI is InChI=1S/C27H34N2O4Si.C26H32N2O5Si/c1-6-22-23(17-24(32-22)29-18-19(2)25(30)28-26(29)31)33-34(27(3,4)5,20-13-9-7-10-14-20)21-15-11-8-12-16-21;1-18-16-28(25(31)27-24(18)30)23-15-21(22(17-29)32-23)33-34(26(2,3)4,19-11-7-5-8-12-19)20-13-9-6-10-14-20/h7-16,18,22-24H,6,17H2,1-5H3,(H,28,30,31);5-14,16,21-23,29H,15,17H2,1-4H3,(H,27,30,31)/t22-,23?,24-;21?,22-,23-/m11/s1. The van der Waals surface area contributed by atoms with Crippen LogP contribution in [0.25, 0.3) is 0 Å². The molecule has 0 radical (unpaired) electrons. The number of nitrogens with one attached hydrogen (secondary N) is 2. The second kappa shape index (κ2) is 20.6. The molecule has 6 aromatic rings. The molecule has 2 saturated heterocycles. The molecular weight excluding hydrogens is 893 g/mol. The summed E-state index contributed by atoms with van der Waals surface area (Å²) >= 11 is 0. The molecule has 15 heteroatoms. The van der Waals surface area contributed by atoms with E-state index in [1.165, 1.54) is 25.7 Å². The first kappa shape index (κ1) is 50.4. The van der Waals surface area contributed by atoms with Gasteiger partial charge in [0.2, 0.25) is 0 Å². The molecule has 2 unspecified atom stereocenters. The summed E-state index contributed by atoms with van der Waals surface area (Å²) in [6.07, 6.45) is 2.22. The van der Waals surface area contributed by atoms with Gasteiger partial charge in [0, 0.05) is 36.4 Å². The van der Waals surface area contributed by atoms with E-state index in [1.54, 1.807) is 20.0 Å². The van der Waals surface area contributed by atoms with Crippen LogP contribution in [-0.4, -0.2) is 71.9 Å². The molecule has 360 valence electrons. The van der Waals surface area contributed by atoms with Gasteiger partial charge >= 0.3 is 11.4 Å². The Bertz CT molecular complexity index is 2580. The fraction of sp³-hybridized carbons (Fsp3) is 0.396. The van der Waals surface area contributed by atoms with E-state index < -0.39 is 58.2 Å². The molecule has 2 aliphatic rings. The SMILES string of the molecule is CC[C@H]1O[C@@H](n2cc(C)c(=O)[nH]c2=O)CC1O[Si](c1ccccc1)(c1ccccc1)C(C)(C)C.Cc1cn([C@H]2CC(O[Si](c3ccccc3)(c3ccccc3)C(C)(C)C)[C@@H](CO)O2)c(=O)[nH]c1=O. The van der Waals surface area contributed by atoms with Gasteiger partial charge in [0.15, 0.2) is 0 Å². The predicted octanol–water partition coefficient (Wildman–Crippen LogP) is 5.56. The Kier molecular flexibility index (Phi) is 15.3. The van der Waals surface area contributed by atoms with Gasteiger partial charge < -0.3 is 23.4 Å². The largest absolute Gasteiger partial charge is 0.402 e. The topological polar surface area (TPSA) is 167 Å². The third kappa shape index (κ3) is 9.97. The first-order valence-corrected chi connectivity index (χ1v) is 27.3. The van der Waals surface area contributed by atoms with Crippen molar-refractivity contribution in [1.29, 1.82) is 0 Å². The molecule has 13 nitrogen and oxygen atoms in total. The van der Waals surface area contributed by atoms with E-state index in [0.717, 1.165) is 16.8 Å². The zero-order chi connectivity index (χ0) is 49.0. The Morgan fingerprint density at radius 3 is 1.16 bits per heavy atom. The summed E-state index contributed by atoms with van der Waals surface area (Å²) in [6, 6.07) is 41.6. The Morgan fingerprint density at radius 1 is 0.559 bits per heavy atom. The molecule has 0 aliphatic carbocycles. The number of aromatic amines is 2. The Balaban J connectivity index is 0.000000201. The highest BCUT2D eigenvalue weighted by molar-refractivity contribution is 7.00. The lowest BCUT2D eigenvalue weighted by atomic mass is 10.1. The van der Waals surface area contributed by atoms with E-state index in [4.69, 9.17) is 18.3 Å². The fourth-order valence-corrected chi connectivity index (χ4v) is 19.4. The number of benzene rings is 4. The number of hydrogen-bond donors (Lipinski definition) is 3. The van der Waals surface area contributed by atoms with Gasteiger partial charge in [-0.15, -0.1) is 0 Å². The summed E-state index contributed by atoms with van der Waals surface area (Å²) in [4.78, 5) is 53.5. The van der Waals surface area contributed by atoms with E-state index in [1.807, 2.05) is 48.5 Å². The van der Waals surface area contributed by atoms with Crippen molar-refractivity contribution in [3.8, 4) is 0 Å². The second-order valence-electron chi connectivity index (χ2n) is 19.9. The Hall–Kier alpha value is -5.53. The summed E-state index contributed by atoms with van der Waals surface area (Å²) < 4.78 is 29.8. The number of aromatic nitrogens is 4. The van der Waals surface area contributed by atoms with Crippen LogP contribution in [0, 0.1) is 13.8 Å². The first-order valence-electron chi connectivity index (χ1n) is 23.5. The molecule has 0 saturated carbocycles. The van der Waals surface area contributed by atoms with Crippen LogP contribution >= 0.6 is 0 Å². The van der Waals surface area contributed by atoms with Crippen LogP contribution in [0.2, 0.25) is 10.1 Å². The maximum atomic E-state index is 12.6. The number of nitrogens with zero attached hydrogens (tertiary/aromatic N) is 2. The number of aryl methyl sites for hydroxylation is 2. The lowest BCUT2D eigenvalue weighted by Gasteiger charge is -2.45. The Morgan fingerprint density at radius 2 is 0.868 bits per heavy atom. The highest BCUT2D eigenvalue weighted by Crippen LogP contribution is 2.43. The number of aliphatic hydroxyl groups is 1. The van der Waals surface area contributed by atoms with E-state index in [9.17, 15) is 24.3 Å². The average Bonchev–Trinajstić information content (AvgIpc) is 3.93. The molecular formula is C53H66N4O9Si2. The third-order valence-electron chi connectivity index (χ3n) is 13.3. The lowest BCUT2D eigenvalue weighted by Crippen LogP contribution is -2.68. The van der Waals surface area contributed by atoms with Crippen LogP contribution in [0.4, 0.5) is 0 Å². The molecule has 68 heavy (non-hydrogen) atoms. The number of rotatable bonds is 12. The zero-order valence-corrected chi connectivity index (χ0v) is 42.6. The van der Waals surface area contributed by atoms with Crippen LogP contribution in [0.1, 0.15) is 91.3 Å². The molecule has 0 spiro atoms. The third-order valence-corrected chi connectivity index (χ3v) is 23.5. The van der Waals surface area contributed by atoms with Crippen molar-refractivity contribution < 1.29 is 23.4 Å². The normalized spacial score (nSPS) is 21.0. The molecule has 2 aromatic heterocycles. The minimum absolute atomic E-state index is 0.155. The summed E-state index contributed by atoms with van der Waals surface area (Å²) in [5, 5.41) is 14.5. The fourth-order valence-electron chi connectivity index (χ4n) is 9.95. The molecule has 4 heterocycles. The maximum absolute atomic E-state index is 12.6. The molecule has 6 atom stereocenters. The van der Waals surface area contributed by atoms with Crippen molar-refractivity contribution in [2.45, 2.75) is 129 Å². The number of aliphatic hydroxyl groups excluding tert-OH is 1. The van der Waals surface area contributed by atoms with Crippen LogP contribution in [-0.2, 0) is 18.3 Å². The molecule has 2 fully saturated rings. The summed E-state index contributed by atoms with van der Waals surface area (Å²) in [7, 11) is -5.63. The molecule has 8 rings (SSSR count). The van der Waals surface area contributed by atoms with Crippen molar-refractivity contribution >= 4 is 37.4 Å².